The zero-order valence-electron chi connectivity index (χ0n) is 33.3. The van der Waals surface area contributed by atoms with Crippen LogP contribution in [0.5, 0.6) is 0 Å². The lowest BCUT2D eigenvalue weighted by atomic mass is 10.0. The number of thiocarbonyl (C=S) groups is 2. The first-order chi connectivity index (χ1) is 29.1. The Hall–Kier alpha value is -4.92. The Morgan fingerprint density at radius 1 is 0.683 bits per heavy atom. The first kappa shape index (κ1) is 43.2. The minimum Gasteiger partial charge on any atom is -0.465 e. The number of ether oxygens (including phenoxy) is 1. The van der Waals surface area contributed by atoms with E-state index in [4.69, 9.17) is 52.4 Å². The highest BCUT2D eigenvalue weighted by Crippen LogP contribution is 2.31. The van der Waals surface area contributed by atoms with Crippen molar-refractivity contribution in [1.82, 2.24) is 20.6 Å². The molecule has 0 atom stereocenters. The van der Waals surface area contributed by atoms with E-state index in [0.717, 1.165) is 95.8 Å². The van der Waals surface area contributed by atoms with Gasteiger partial charge in [-0.1, -0.05) is 35.3 Å². The van der Waals surface area contributed by atoms with E-state index in [2.05, 4.69) is 65.5 Å². The number of hydrogen-bond acceptors (Lipinski definition) is 9. The van der Waals surface area contributed by atoms with Crippen LogP contribution in [0.15, 0.2) is 114 Å². The fourth-order valence-electron chi connectivity index (χ4n) is 7.54. The number of benzene rings is 4. The van der Waals surface area contributed by atoms with Crippen molar-refractivity contribution in [2.45, 2.75) is 42.7 Å². The second kappa shape index (κ2) is 20.6. The highest BCUT2D eigenvalue weighted by Gasteiger charge is 2.23. The van der Waals surface area contributed by atoms with Crippen LogP contribution in [0.25, 0.3) is 21.8 Å². The summed E-state index contributed by atoms with van der Waals surface area (Å²) in [5.74, 6) is -0.375. The number of fused-ring (bicyclic) bond motifs is 2. The van der Waals surface area contributed by atoms with Crippen molar-refractivity contribution < 1.29 is 9.53 Å². The van der Waals surface area contributed by atoms with Crippen molar-refractivity contribution in [3.63, 3.8) is 0 Å². The fourth-order valence-corrected chi connectivity index (χ4v) is 8.91. The third-order valence-electron chi connectivity index (χ3n) is 10.6. The van der Waals surface area contributed by atoms with Crippen LogP contribution < -0.4 is 31.1 Å². The Labute approximate surface area is 375 Å². The number of carbonyl (C=O) groups excluding carboxylic acids is 1. The highest BCUT2D eigenvalue weighted by atomic mass is 35.5. The van der Waals surface area contributed by atoms with Gasteiger partial charge in [0.25, 0.3) is 0 Å². The SMILES string of the molecule is COC(=O)c1cccc(NC(=S)NC2CCN(c3ccnc4ccc(Cl)cc34)CC2)c1.CSc1cccc(NC(=S)NC2CCN(c3ccnc4ccc(Cl)cc34)CC2)c1. The molecule has 15 heteroatoms. The molecular formula is C45H46Cl2N8O2S3. The summed E-state index contributed by atoms with van der Waals surface area (Å²) in [6.07, 6.45) is 9.75. The quantitative estimate of drug-likeness (QED) is 0.0663. The number of thioether (sulfide) groups is 1. The van der Waals surface area contributed by atoms with Gasteiger partial charge in [0, 0.05) is 99.1 Å². The van der Waals surface area contributed by atoms with Crippen molar-refractivity contribution in [3.05, 3.63) is 125 Å². The van der Waals surface area contributed by atoms with Gasteiger partial charge >= 0.3 is 5.97 Å². The predicted molar refractivity (Wildman–Crippen MR) is 259 cm³/mol. The van der Waals surface area contributed by atoms with Crippen molar-refractivity contribution in [1.29, 1.82) is 0 Å². The first-order valence-electron chi connectivity index (χ1n) is 19.7. The molecule has 60 heavy (non-hydrogen) atoms. The maximum Gasteiger partial charge on any atom is 0.337 e. The van der Waals surface area contributed by atoms with Gasteiger partial charge in [0.1, 0.15) is 0 Å². The smallest absolute Gasteiger partial charge is 0.337 e. The topological polar surface area (TPSA) is 107 Å². The summed E-state index contributed by atoms with van der Waals surface area (Å²) in [5, 5.41) is 18.2. The zero-order chi connectivity index (χ0) is 42.0. The number of halogens is 2. The summed E-state index contributed by atoms with van der Waals surface area (Å²) in [7, 11) is 1.37. The number of carbonyl (C=O) groups is 1. The summed E-state index contributed by atoms with van der Waals surface area (Å²) in [4.78, 5) is 26.6. The molecule has 6 aromatic rings. The number of nitrogens with zero attached hydrogens (tertiary/aromatic N) is 4. The minimum atomic E-state index is -0.375. The van der Waals surface area contributed by atoms with E-state index in [1.54, 1.807) is 30.0 Å². The minimum absolute atomic E-state index is 0.275. The van der Waals surface area contributed by atoms with Gasteiger partial charge in [0.15, 0.2) is 10.2 Å². The molecular weight excluding hydrogens is 852 g/mol. The molecule has 0 saturated carbocycles. The van der Waals surface area contributed by atoms with E-state index < -0.39 is 0 Å². The van der Waals surface area contributed by atoms with Crippen LogP contribution in [0.3, 0.4) is 0 Å². The average molecular weight is 898 g/mol. The molecule has 4 heterocycles. The van der Waals surface area contributed by atoms with Gasteiger partial charge in [-0.25, -0.2) is 4.79 Å². The number of anilines is 4. The zero-order valence-corrected chi connectivity index (χ0v) is 37.3. The highest BCUT2D eigenvalue weighted by molar-refractivity contribution is 7.98. The number of piperidine rings is 2. The number of esters is 1. The van der Waals surface area contributed by atoms with Crippen molar-refractivity contribution >= 4 is 120 Å². The maximum absolute atomic E-state index is 11.7. The van der Waals surface area contributed by atoms with Gasteiger partial charge in [0.05, 0.1) is 23.7 Å². The normalized spacial score (nSPS) is 14.5. The summed E-state index contributed by atoms with van der Waals surface area (Å²) < 4.78 is 4.77. The molecule has 10 nitrogen and oxygen atoms in total. The average Bonchev–Trinajstić information content (AvgIpc) is 3.26. The Balaban J connectivity index is 0.000000182. The molecule has 4 N–H and O–H groups in total. The van der Waals surface area contributed by atoms with E-state index in [0.29, 0.717) is 26.9 Å². The maximum atomic E-state index is 11.7. The third-order valence-corrected chi connectivity index (χ3v) is 12.2. The number of pyridine rings is 2. The summed E-state index contributed by atoms with van der Waals surface area (Å²) in [6, 6.07) is 31.8. The molecule has 2 aromatic heterocycles. The molecule has 8 rings (SSSR count). The van der Waals surface area contributed by atoms with Crippen LogP contribution >= 0.6 is 59.4 Å². The molecule has 2 fully saturated rings. The van der Waals surface area contributed by atoms with Crippen molar-refractivity contribution in [3.8, 4) is 0 Å². The largest absolute Gasteiger partial charge is 0.465 e. The molecule has 0 amide bonds. The molecule has 4 aromatic carbocycles. The third kappa shape index (κ3) is 11.3. The Morgan fingerprint density at radius 2 is 1.17 bits per heavy atom. The van der Waals surface area contributed by atoms with E-state index in [1.807, 2.05) is 73.1 Å². The number of methoxy groups -OCH3 is 1. The van der Waals surface area contributed by atoms with Gasteiger partial charge in [-0.15, -0.1) is 11.8 Å². The Bertz CT molecular complexity index is 2480. The van der Waals surface area contributed by atoms with Crippen molar-refractivity contribution in [2.24, 2.45) is 0 Å². The Morgan fingerprint density at radius 3 is 1.65 bits per heavy atom. The standard InChI is InChI=1S/C23H23ClN4O2S.C22H23ClN4S2/c1-30-22(29)15-3-2-4-18(13-15)27-23(31)26-17-8-11-28(12-9-17)21-7-10-25-20-6-5-16(24)14-19(20)21;1-29-18-4-2-3-17(14-18)26-22(28)25-16-8-11-27(12-9-16)21-7-10-24-20-6-5-15(23)13-19(20)21/h2-7,10,13-14,17H,8-9,11-12H2,1H3,(H2,26,27,31);2-7,10,13-14,16H,8-9,11-12H2,1H3,(H2,25,26,28). The molecule has 2 aliphatic heterocycles. The van der Waals surface area contributed by atoms with Gasteiger partial charge in [0.2, 0.25) is 0 Å². The first-order valence-corrected chi connectivity index (χ1v) is 22.5. The molecule has 0 aliphatic carbocycles. The molecule has 0 unspecified atom stereocenters. The number of nitrogens with one attached hydrogen (secondary N) is 4. The molecule has 2 saturated heterocycles. The van der Waals surface area contributed by atoms with Crippen LogP contribution in [0.1, 0.15) is 36.0 Å². The van der Waals surface area contributed by atoms with E-state index in [9.17, 15) is 4.79 Å². The second-order valence-corrected chi connectivity index (χ2v) is 17.1. The summed E-state index contributed by atoms with van der Waals surface area (Å²) in [6.45, 7) is 3.75. The number of rotatable bonds is 8. The lowest BCUT2D eigenvalue weighted by molar-refractivity contribution is 0.0600. The van der Waals surface area contributed by atoms with Crippen LogP contribution in [0.4, 0.5) is 22.7 Å². The van der Waals surface area contributed by atoms with E-state index in [-0.39, 0.29) is 12.0 Å². The van der Waals surface area contributed by atoms with E-state index in [1.165, 1.54) is 17.7 Å². The second-order valence-electron chi connectivity index (χ2n) is 14.5. The Kier molecular flexibility index (Phi) is 14.8. The fraction of sp³-hybridized carbons (Fsp3) is 0.267. The summed E-state index contributed by atoms with van der Waals surface area (Å²) >= 11 is 25.2. The van der Waals surface area contributed by atoms with Crippen LogP contribution in [0.2, 0.25) is 10.0 Å². The van der Waals surface area contributed by atoms with E-state index >= 15 is 0 Å². The van der Waals surface area contributed by atoms with Crippen LogP contribution in [-0.2, 0) is 4.74 Å². The molecule has 310 valence electrons. The lowest BCUT2D eigenvalue weighted by Gasteiger charge is -2.35. The van der Waals surface area contributed by atoms with Crippen molar-refractivity contribution in [2.75, 3.05) is 60.0 Å². The molecule has 2 aliphatic rings. The monoisotopic (exact) mass is 896 g/mol. The summed E-state index contributed by atoms with van der Waals surface area (Å²) in [5.41, 5.74) is 6.53. The number of hydrogen-bond donors (Lipinski definition) is 4. The predicted octanol–water partition coefficient (Wildman–Crippen LogP) is 10.2. The van der Waals surface area contributed by atoms with Gasteiger partial charge in [-0.3, -0.25) is 9.97 Å². The van der Waals surface area contributed by atoms with Gasteiger partial charge < -0.3 is 35.8 Å². The number of aromatic nitrogens is 2. The molecule has 0 radical (unpaired) electrons. The van der Waals surface area contributed by atoms with Crippen LogP contribution in [-0.4, -0.2) is 77.8 Å². The van der Waals surface area contributed by atoms with Gasteiger partial charge in [-0.05, 0) is 141 Å². The van der Waals surface area contributed by atoms with Gasteiger partial charge in [-0.2, -0.15) is 0 Å². The van der Waals surface area contributed by atoms with Crippen LogP contribution in [0, 0.1) is 0 Å². The molecule has 0 spiro atoms. The lowest BCUT2D eigenvalue weighted by Crippen LogP contribution is -2.46. The molecule has 0 bridgehead atoms.